The molecule has 0 amide bonds. The van der Waals surface area contributed by atoms with Crippen molar-refractivity contribution in [2.45, 2.75) is 17.2 Å². The molecule has 1 aromatic carbocycles. The standard InChI is InChI=1S/C13H16ClN3O2S/c1-18-7-6-15-8-13-16-12(17-19-13)9-20-11-5-3-2-4-10(11)14/h2-5,15H,6-9H2,1H3. The highest BCUT2D eigenvalue weighted by atomic mass is 35.5. The van der Waals surface area contributed by atoms with Crippen LogP contribution in [0.5, 0.6) is 0 Å². The normalized spacial score (nSPS) is 10.9. The van der Waals surface area contributed by atoms with Gasteiger partial charge in [-0.1, -0.05) is 28.9 Å². The first-order valence-electron chi connectivity index (χ1n) is 6.18. The number of halogens is 1. The number of thioether (sulfide) groups is 1. The molecule has 1 aromatic heterocycles. The van der Waals surface area contributed by atoms with Crippen molar-refractivity contribution in [3.8, 4) is 0 Å². The zero-order valence-electron chi connectivity index (χ0n) is 11.1. The van der Waals surface area contributed by atoms with Gasteiger partial charge in [-0.3, -0.25) is 0 Å². The molecule has 0 bridgehead atoms. The van der Waals surface area contributed by atoms with E-state index < -0.39 is 0 Å². The highest BCUT2D eigenvalue weighted by Gasteiger charge is 2.07. The lowest BCUT2D eigenvalue weighted by Crippen LogP contribution is -2.18. The minimum atomic E-state index is 0.549. The molecule has 0 spiro atoms. The first-order valence-corrected chi connectivity index (χ1v) is 7.54. The summed E-state index contributed by atoms with van der Waals surface area (Å²) in [5, 5.41) is 7.83. The minimum absolute atomic E-state index is 0.549. The van der Waals surface area contributed by atoms with E-state index in [1.54, 1.807) is 18.9 Å². The van der Waals surface area contributed by atoms with E-state index in [9.17, 15) is 0 Å². The average molecular weight is 314 g/mol. The van der Waals surface area contributed by atoms with Crippen LogP contribution in [-0.4, -0.2) is 30.4 Å². The average Bonchev–Trinajstić information content (AvgIpc) is 2.91. The van der Waals surface area contributed by atoms with E-state index in [0.29, 0.717) is 30.6 Å². The number of hydrogen-bond acceptors (Lipinski definition) is 6. The third-order valence-corrected chi connectivity index (χ3v) is 3.97. The monoisotopic (exact) mass is 313 g/mol. The van der Waals surface area contributed by atoms with Gasteiger partial charge < -0.3 is 14.6 Å². The lowest BCUT2D eigenvalue weighted by molar-refractivity contribution is 0.197. The molecule has 1 N–H and O–H groups in total. The molecule has 0 saturated carbocycles. The fourth-order valence-corrected chi connectivity index (χ4v) is 2.58. The topological polar surface area (TPSA) is 60.2 Å². The highest BCUT2D eigenvalue weighted by molar-refractivity contribution is 7.98. The summed E-state index contributed by atoms with van der Waals surface area (Å²) in [6.45, 7) is 1.96. The van der Waals surface area contributed by atoms with Crippen molar-refractivity contribution in [2.75, 3.05) is 20.3 Å². The van der Waals surface area contributed by atoms with Gasteiger partial charge in [0, 0.05) is 18.6 Å². The Bertz CT molecular complexity index is 536. The summed E-state index contributed by atoms with van der Waals surface area (Å²) in [4.78, 5) is 5.32. The summed E-state index contributed by atoms with van der Waals surface area (Å²) >= 11 is 7.68. The van der Waals surface area contributed by atoms with E-state index in [1.807, 2.05) is 24.3 Å². The van der Waals surface area contributed by atoms with Crippen LogP contribution in [0.3, 0.4) is 0 Å². The maximum atomic E-state index is 6.09. The number of hydrogen-bond donors (Lipinski definition) is 1. The molecule has 108 valence electrons. The van der Waals surface area contributed by atoms with Gasteiger partial charge in [0.2, 0.25) is 5.89 Å². The maximum Gasteiger partial charge on any atom is 0.240 e. The molecule has 5 nitrogen and oxygen atoms in total. The Morgan fingerprint density at radius 2 is 2.25 bits per heavy atom. The van der Waals surface area contributed by atoms with Crippen LogP contribution >= 0.6 is 23.4 Å². The van der Waals surface area contributed by atoms with Crippen molar-refractivity contribution < 1.29 is 9.26 Å². The molecule has 0 saturated heterocycles. The molecular formula is C13H16ClN3O2S. The largest absolute Gasteiger partial charge is 0.383 e. The van der Waals surface area contributed by atoms with E-state index in [-0.39, 0.29) is 0 Å². The number of aromatic nitrogens is 2. The molecule has 0 atom stereocenters. The Morgan fingerprint density at radius 1 is 1.40 bits per heavy atom. The summed E-state index contributed by atoms with van der Waals surface area (Å²) in [6.07, 6.45) is 0. The van der Waals surface area contributed by atoms with E-state index in [4.69, 9.17) is 20.9 Å². The molecule has 20 heavy (non-hydrogen) atoms. The second-order valence-corrected chi connectivity index (χ2v) is 5.42. The molecule has 0 unspecified atom stereocenters. The number of methoxy groups -OCH3 is 1. The van der Waals surface area contributed by atoms with Crippen LogP contribution in [0.1, 0.15) is 11.7 Å². The van der Waals surface area contributed by atoms with Crippen LogP contribution in [-0.2, 0) is 17.0 Å². The first-order chi connectivity index (χ1) is 9.79. The van der Waals surface area contributed by atoms with Gasteiger partial charge in [-0.2, -0.15) is 4.98 Å². The molecular weight excluding hydrogens is 298 g/mol. The predicted octanol–water partition coefficient (Wildman–Crippen LogP) is 2.75. The zero-order chi connectivity index (χ0) is 14.2. The van der Waals surface area contributed by atoms with Crippen molar-refractivity contribution in [1.82, 2.24) is 15.5 Å². The highest BCUT2D eigenvalue weighted by Crippen LogP contribution is 2.28. The van der Waals surface area contributed by atoms with Crippen molar-refractivity contribution in [3.05, 3.63) is 41.0 Å². The molecule has 0 aliphatic rings. The Kier molecular flexibility index (Phi) is 6.32. The molecule has 0 aliphatic heterocycles. The Balaban J connectivity index is 1.79. The number of nitrogens with one attached hydrogen (secondary N) is 1. The number of ether oxygens (including phenoxy) is 1. The molecule has 2 aromatic rings. The summed E-state index contributed by atoms with van der Waals surface area (Å²) in [5.74, 6) is 1.88. The fourth-order valence-electron chi connectivity index (χ4n) is 1.49. The van der Waals surface area contributed by atoms with E-state index in [1.165, 1.54) is 0 Å². The van der Waals surface area contributed by atoms with E-state index in [2.05, 4.69) is 15.5 Å². The number of nitrogens with zero attached hydrogens (tertiary/aromatic N) is 2. The second kappa shape index (κ2) is 8.26. The Labute approximate surface area is 127 Å². The quantitative estimate of drug-likeness (QED) is 0.597. The predicted molar refractivity (Wildman–Crippen MR) is 78.9 cm³/mol. The van der Waals surface area contributed by atoms with Gasteiger partial charge in [-0.05, 0) is 12.1 Å². The minimum Gasteiger partial charge on any atom is -0.383 e. The first kappa shape index (κ1) is 15.3. The van der Waals surface area contributed by atoms with E-state index >= 15 is 0 Å². The fraction of sp³-hybridized carbons (Fsp3) is 0.385. The van der Waals surface area contributed by atoms with Crippen LogP contribution in [0.25, 0.3) is 0 Å². The van der Waals surface area contributed by atoms with Crippen molar-refractivity contribution in [1.29, 1.82) is 0 Å². The zero-order valence-corrected chi connectivity index (χ0v) is 12.7. The van der Waals surface area contributed by atoms with Crippen LogP contribution in [0, 0.1) is 0 Å². The summed E-state index contributed by atoms with van der Waals surface area (Å²) in [5.41, 5.74) is 0. The SMILES string of the molecule is COCCNCc1nc(CSc2ccccc2Cl)no1. The molecule has 0 radical (unpaired) electrons. The Hall–Kier alpha value is -1.08. The molecule has 1 heterocycles. The molecule has 7 heteroatoms. The summed E-state index contributed by atoms with van der Waals surface area (Å²) in [6, 6.07) is 7.70. The molecule has 2 rings (SSSR count). The van der Waals surface area contributed by atoms with Crippen LogP contribution in [0.15, 0.2) is 33.7 Å². The van der Waals surface area contributed by atoms with E-state index in [0.717, 1.165) is 16.5 Å². The smallest absolute Gasteiger partial charge is 0.240 e. The lowest BCUT2D eigenvalue weighted by Gasteiger charge is -2.00. The maximum absolute atomic E-state index is 6.09. The number of benzene rings is 1. The summed E-state index contributed by atoms with van der Waals surface area (Å²) in [7, 11) is 1.67. The van der Waals surface area contributed by atoms with Gasteiger partial charge >= 0.3 is 0 Å². The van der Waals surface area contributed by atoms with Gasteiger partial charge in [0.1, 0.15) is 0 Å². The molecule has 0 aliphatic carbocycles. The van der Waals surface area contributed by atoms with Crippen molar-refractivity contribution in [2.24, 2.45) is 0 Å². The summed E-state index contributed by atoms with van der Waals surface area (Å²) < 4.78 is 10.1. The van der Waals surface area contributed by atoms with Gasteiger partial charge in [0.05, 0.1) is 23.9 Å². The van der Waals surface area contributed by atoms with Crippen molar-refractivity contribution >= 4 is 23.4 Å². The third-order valence-electron chi connectivity index (χ3n) is 2.46. The number of rotatable bonds is 8. The lowest BCUT2D eigenvalue weighted by atomic mass is 10.4. The van der Waals surface area contributed by atoms with Gasteiger partial charge in [0.25, 0.3) is 0 Å². The van der Waals surface area contributed by atoms with Crippen molar-refractivity contribution in [3.63, 3.8) is 0 Å². The van der Waals surface area contributed by atoms with Crippen LogP contribution in [0.4, 0.5) is 0 Å². The van der Waals surface area contributed by atoms with Crippen LogP contribution < -0.4 is 5.32 Å². The molecule has 0 fully saturated rings. The Morgan fingerprint density at radius 3 is 3.05 bits per heavy atom. The second-order valence-electron chi connectivity index (χ2n) is 3.99. The van der Waals surface area contributed by atoms with Gasteiger partial charge in [-0.25, -0.2) is 0 Å². The van der Waals surface area contributed by atoms with Gasteiger partial charge in [0.15, 0.2) is 5.82 Å². The van der Waals surface area contributed by atoms with Gasteiger partial charge in [-0.15, -0.1) is 11.8 Å². The third kappa shape index (κ3) is 4.79. The van der Waals surface area contributed by atoms with Crippen LogP contribution in [0.2, 0.25) is 5.02 Å².